The fourth-order valence-corrected chi connectivity index (χ4v) is 1.64. The van der Waals surface area contributed by atoms with Gasteiger partial charge in [0.1, 0.15) is 17.4 Å². The first-order valence-electron chi connectivity index (χ1n) is 4.73. The zero-order chi connectivity index (χ0) is 13.4. The van der Waals surface area contributed by atoms with Gasteiger partial charge < -0.3 is 5.11 Å². The monoisotopic (exact) mass is 276 g/mol. The van der Waals surface area contributed by atoms with Gasteiger partial charge in [0.25, 0.3) is 0 Å². The number of benzene rings is 2. The Bertz CT molecular complexity index is 572. The number of rotatable bonds is 1. The van der Waals surface area contributed by atoms with Gasteiger partial charge in [-0.25, -0.2) is 17.6 Å². The summed E-state index contributed by atoms with van der Waals surface area (Å²) in [4.78, 5) is 0. The lowest BCUT2D eigenvalue weighted by Gasteiger charge is -2.08. The third kappa shape index (κ3) is 2.13. The predicted octanol–water partition coefficient (Wildman–Crippen LogP) is 4.27. The van der Waals surface area contributed by atoms with Crippen LogP contribution < -0.4 is 0 Å². The molecule has 6 heteroatoms. The topological polar surface area (TPSA) is 20.2 Å². The summed E-state index contributed by atoms with van der Waals surface area (Å²) in [6.45, 7) is 0. The number of aromatic hydroxyl groups is 1. The van der Waals surface area contributed by atoms with E-state index >= 15 is 0 Å². The van der Waals surface area contributed by atoms with Crippen LogP contribution >= 0.6 is 11.6 Å². The molecule has 0 heterocycles. The van der Waals surface area contributed by atoms with Crippen LogP contribution in [0.5, 0.6) is 5.75 Å². The van der Waals surface area contributed by atoms with Gasteiger partial charge in [-0.15, -0.1) is 0 Å². The van der Waals surface area contributed by atoms with E-state index < -0.39 is 34.6 Å². The zero-order valence-electron chi connectivity index (χ0n) is 8.65. The Hall–Kier alpha value is -1.75. The molecule has 1 nitrogen and oxygen atoms in total. The summed E-state index contributed by atoms with van der Waals surface area (Å²) in [5.41, 5.74) is -0.633. The van der Waals surface area contributed by atoms with E-state index in [4.69, 9.17) is 11.6 Å². The van der Waals surface area contributed by atoms with Crippen LogP contribution in [0.2, 0.25) is 5.02 Å². The number of phenols is 1. The van der Waals surface area contributed by atoms with Crippen LogP contribution in [0.15, 0.2) is 24.3 Å². The van der Waals surface area contributed by atoms with Crippen LogP contribution in [-0.2, 0) is 0 Å². The molecule has 2 rings (SSSR count). The van der Waals surface area contributed by atoms with Crippen molar-refractivity contribution in [1.29, 1.82) is 0 Å². The normalized spacial score (nSPS) is 10.7. The summed E-state index contributed by atoms with van der Waals surface area (Å²) >= 11 is 5.48. The molecule has 0 aromatic heterocycles. The summed E-state index contributed by atoms with van der Waals surface area (Å²) in [5.74, 6) is -5.26. The lowest BCUT2D eigenvalue weighted by atomic mass is 10.0. The van der Waals surface area contributed by atoms with E-state index in [1.54, 1.807) is 0 Å². The molecule has 1 N–H and O–H groups in total. The molecular formula is C12H5ClF4O. The average Bonchev–Trinajstić information content (AvgIpc) is 2.29. The molecule has 2 aromatic rings. The Morgan fingerprint density at radius 3 is 2.00 bits per heavy atom. The molecule has 0 saturated carbocycles. The van der Waals surface area contributed by atoms with Gasteiger partial charge in [0.2, 0.25) is 0 Å². The number of hydrogen-bond donors (Lipinski definition) is 1. The van der Waals surface area contributed by atoms with Crippen molar-refractivity contribution >= 4 is 11.6 Å². The van der Waals surface area contributed by atoms with Gasteiger partial charge in [-0.1, -0.05) is 11.6 Å². The Labute approximate surface area is 104 Å². The minimum absolute atomic E-state index is 0.224. The third-order valence-corrected chi connectivity index (χ3v) is 2.63. The molecule has 0 aliphatic carbocycles. The maximum Gasteiger partial charge on any atom is 0.161 e. The second-order valence-corrected chi connectivity index (χ2v) is 3.94. The van der Waals surface area contributed by atoms with Crippen molar-refractivity contribution in [2.24, 2.45) is 0 Å². The fourth-order valence-electron chi connectivity index (χ4n) is 1.48. The molecule has 0 spiro atoms. The molecule has 0 aliphatic rings. The van der Waals surface area contributed by atoms with Gasteiger partial charge in [-0.05, 0) is 12.1 Å². The van der Waals surface area contributed by atoms with E-state index in [1.807, 2.05) is 0 Å². The molecule has 0 saturated heterocycles. The summed E-state index contributed by atoms with van der Waals surface area (Å²) < 4.78 is 52.3. The molecule has 2 aromatic carbocycles. The Morgan fingerprint density at radius 2 is 1.33 bits per heavy atom. The van der Waals surface area contributed by atoms with Crippen molar-refractivity contribution in [2.45, 2.75) is 0 Å². The molecule has 0 unspecified atom stereocenters. The SMILES string of the molecule is Oc1cc(F)c(Cl)cc1-c1cc(F)c(F)cc1F. The summed E-state index contributed by atoms with van der Waals surface area (Å²) in [5, 5.41) is 9.10. The Balaban J connectivity index is 2.69. The molecule has 0 atom stereocenters. The van der Waals surface area contributed by atoms with E-state index in [1.165, 1.54) is 0 Å². The van der Waals surface area contributed by atoms with Gasteiger partial charge in [-0.3, -0.25) is 0 Å². The quantitative estimate of drug-likeness (QED) is 0.609. The zero-order valence-corrected chi connectivity index (χ0v) is 9.40. The van der Waals surface area contributed by atoms with Crippen molar-refractivity contribution < 1.29 is 22.7 Å². The van der Waals surface area contributed by atoms with Crippen LogP contribution in [-0.4, -0.2) is 5.11 Å². The second-order valence-electron chi connectivity index (χ2n) is 3.53. The average molecular weight is 277 g/mol. The van der Waals surface area contributed by atoms with Gasteiger partial charge in [0.05, 0.1) is 5.02 Å². The van der Waals surface area contributed by atoms with Crippen molar-refractivity contribution in [3.63, 3.8) is 0 Å². The Kier molecular flexibility index (Phi) is 3.17. The van der Waals surface area contributed by atoms with Crippen LogP contribution in [0.25, 0.3) is 11.1 Å². The molecule has 0 bridgehead atoms. The van der Waals surface area contributed by atoms with Gasteiger partial charge in [0.15, 0.2) is 11.6 Å². The van der Waals surface area contributed by atoms with Crippen molar-refractivity contribution in [2.75, 3.05) is 0 Å². The van der Waals surface area contributed by atoms with Gasteiger partial charge >= 0.3 is 0 Å². The van der Waals surface area contributed by atoms with Crippen LogP contribution in [0.1, 0.15) is 0 Å². The summed E-state index contributed by atoms with van der Waals surface area (Å²) in [6.07, 6.45) is 0. The Morgan fingerprint density at radius 1 is 0.722 bits per heavy atom. The van der Waals surface area contributed by atoms with Gasteiger partial charge in [0, 0.05) is 23.3 Å². The fraction of sp³-hybridized carbons (Fsp3) is 0. The number of phenolic OH excluding ortho intramolecular Hbond substituents is 1. The van der Waals surface area contributed by atoms with E-state index in [0.29, 0.717) is 18.2 Å². The van der Waals surface area contributed by atoms with E-state index in [-0.39, 0.29) is 10.6 Å². The molecule has 0 fully saturated rings. The highest BCUT2D eigenvalue weighted by Gasteiger charge is 2.16. The summed E-state index contributed by atoms with van der Waals surface area (Å²) in [7, 11) is 0. The van der Waals surface area contributed by atoms with E-state index in [0.717, 1.165) is 6.07 Å². The van der Waals surface area contributed by atoms with Crippen LogP contribution in [0, 0.1) is 23.3 Å². The van der Waals surface area contributed by atoms with Crippen molar-refractivity contribution in [3.8, 4) is 16.9 Å². The predicted molar refractivity (Wildman–Crippen MR) is 58.4 cm³/mol. The van der Waals surface area contributed by atoms with E-state index in [9.17, 15) is 22.7 Å². The second kappa shape index (κ2) is 4.49. The maximum absolute atomic E-state index is 13.5. The van der Waals surface area contributed by atoms with Crippen molar-refractivity contribution in [1.82, 2.24) is 0 Å². The van der Waals surface area contributed by atoms with Crippen LogP contribution in [0.4, 0.5) is 17.6 Å². The minimum atomic E-state index is -1.36. The summed E-state index contributed by atoms with van der Waals surface area (Å²) in [6, 6.07) is 2.50. The van der Waals surface area contributed by atoms with Crippen molar-refractivity contribution in [3.05, 3.63) is 52.6 Å². The molecule has 94 valence electrons. The standard InChI is InChI=1S/C12H5ClF4O/c13-7-1-6(12(18)4-9(7)15)5-2-10(16)11(17)3-8(5)14/h1-4,18H. The largest absolute Gasteiger partial charge is 0.507 e. The minimum Gasteiger partial charge on any atom is -0.507 e. The number of hydrogen-bond acceptors (Lipinski definition) is 1. The lowest BCUT2D eigenvalue weighted by molar-refractivity contribution is 0.469. The maximum atomic E-state index is 13.5. The van der Waals surface area contributed by atoms with Gasteiger partial charge in [-0.2, -0.15) is 0 Å². The molecular weight excluding hydrogens is 272 g/mol. The number of halogens is 5. The smallest absolute Gasteiger partial charge is 0.161 e. The lowest BCUT2D eigenvalue weighted by Crippen LogP contribution is -1.92. The first-order chi connectivity index (χ1) is 8.40. The molecule has 0 aliphatic heterocycles. The third-order valence-electron chi connectivity index (χ3n) is 2.34. The van der Waals surface area contributed by atoms with Crippen LogP contribution in [0.3, 0.4) is 0 Å². The molecule has 0 amide bonds. The van der Waals surface area contributed by atoms with E-state index in [2.05, 4.69) is 0 Å². The first kappa shape index (κ1) is 12.7. The first-order valence-corrected chi connectivity index (χ1v) is 5.11. The highest BCUT2D eigenvalue weighted by atomic mass is 35.5. The molecule has 18 heavy (non-hydrogen) atoms. The molecule has 0 radical (unpaired) electrons. The highest BCUT2D eigenvalue weighted by molar-refractivity contribution is 6.31. The highest BCUT2D eigenvalue weighted by Crippen LogP contribution is 2.35.